The number of aromatic nitrogens is 2. The van der Waals surface area contributed by atoms with Gasteiger partial charge in [0.25, 0.3) is 5.56 Å². The van der Waals surface area contributed by atoms with Crippen LogP contribution in [0, 0.1) is 0 Å². The number of benzene rings is 3. The van der Waals surface area contributed by atoms with Gasteiger partial charge in [-0.15, -0.1) is 0 Å². The number of hydrogen-bond acceptors (Lipinski definition) is 3. The number of fused-ring (bicyclic) bond motifs is 1. The van der Waals surface area contributed by atoms with Crippen molar-refractivity contribution in [2.24, 2.45) is 0 Å². The normalized spacial score (nSPS) is 11.2. The zero-order valence-corrected chi connectivity index (χ0v) is 21.6. The molecule has 0 N–H and O–H groups in total. The molecule has 0 atom stereocenters. The van der Waals surface area contributed by atoms with Gasteiger partial charge in [-0.25, -0.2) is 0 Å². The van der Waals surface area contributed by atoms with E-state index in [0.717, 1.165) is 29.3 Å². The quantitative estimate of drug-likeness (QED) is 0.214. The average molecular weight is 505 g/mol. The van der Waals surface area contributed by atoms with E-state index >= 15 is 0 Å². The molecule has 0 unspecified atom stereocenters. The van der Waals surface area contributed by atoms with Crippen molar-refractivity contribution in [2.75, 3.05) is 6.61 Å². The first kappa shape index (κ1) is 25.3. The second-order valence-electron chi connectivity index (χ2n) is 9.46. The van der Waals surface area contributed by atoms with Crippen molar-refractivity contribution in [3.05, 3.63) is 142 Å². The van der Waals surface area contributed by atoms with Crippen LogP contribution in [0.3, 0.4) is 0 Å². The summed E-state index contributed by atoms with van der Waals surface area (Å²) in [4.78, 5) is 24.9. The zero-order chi connectivity index (χ0) is 26.3. The third-order valence-electron chi connectivity index (χ3n) is 6.93. The Bertz CT molecular complexity index is 1530. The predicted molar refractivity (Wildman–Crippen MR) is 151 cm³/mol. The molecular weight excluding hydrogens is 472 g/mol. The van der Waals surface area contributed by atoms with Gasteiger partial charge in [0.05, 0.1) is 6.61 Å². The number of ether oxygens (including phenoxy) is 1. The number of para-hydroxylation sites is 1. The van der Waals surface area contributed by atoms with Crippen molar-refractivity contribution in [1.82, 2.24) is 9.13 Å². The Labute approximate surface area is 222 Å². The third-order valence-corrected chi connectivity index (χ3v) is 6.93. The minimum Gasteiger partial charge on any atom is -0.465 e. The molecule has 5 heteroatoms. The first-order valence-corrected chi connectivity index (χ1v) is 13.2. The summed E-state index contributed by atoms with van der Waals surface area (Å²) in [5, 5.41) is 1.13. The predicted octanol–water partition coefficient (Wildman–Crippen LogP) is 6.18. The number of carbonyl (C=O) groups is 1. The lowest BCUT2D eigenvalue weighted by atomic mass is 9.86. The van der Waals surface area contributed by atoms with Crippen molar-refractivity contribution in [3.63, 3.8) is 0 Å². The lowest BCUT2D eigenvalue weighted by Crippen LogP contribution is -2.20. The molecule has 0 aliphatic heterocycles. The van der Waals surface area contributed by atoms with Crippen molar-refractivity contribution in [2.45, 2.75) is 38.8 Å². The fourth-order valence-corrected chi connectivity index (χ4v) is 5.20. The fraction of sp³-hybridized carbons (Fsp3) is 0.212. The van der Waals surface area contributed by atoms with Gasteiger partial charge in [0.2, 0.25) is 0 Å². The Kier molecular flexibility index (Phi) is 7.84. The first-order chi connectivity index (χ1) is 18.6. The van der Waals surface area contributed by atoms with Crippen LogP contribution < -0.4 is 5.56 Å². The molecule has 0 radical (unpaired) electrons. The van der Waals surface area contributed by atoms with Gasteiger partial charge in [-0.05, 0) is 48.1 Å². The molecule has 2 heterocycles. The number of esters is 1. The molecule has 2 aromatic heterocycles. The molecule has 5 nitrogen and oxygen atoms in total. The van der Waals surface area contributed by atoms with E-state index in [-0.39, 0.29) is 24.0 Å². The molecule has 3 aromatic carbocycles. The Morgan fingerprint density at radius 3 is 2.11 bits per heavy atom. The number of carbonyl (C=O) groups excluding carboxylic acids is 1. The summed E-state index contributed by atoms with van der Waals surface area (Å²) in [6, 6.07) is 32.6. The maximum atomic E-state index is 12.8. The van der Waals surface area contributed by atoms with Crippen molar-refractivity contribution in [3.8, 4) is 0 Å². The molecule has 0 aliphatic rings. The molecule has 38 heavy (non-hydrogen) atoms. The van der Waals surface area contributed by atoms with Crippen molar-refractivity contribution >= 4 is 16.9 Å². The second-order valence-corrected chi connectivity index (χ2v) is 9.46. The van der Waals surface area contributed by atoms with E-state index in [1.165, 1.54) is 16.7 Å². The van der Waals surface area contributed by atoms with Crippen LogP contribution in [-0.2, 0) is 29.0 Å². The van der Waals surface area contributed by atoms with Gasteiger partial charge in [-0.3, -0.25) is 9.59 Å². The highest BCUT2D eigenvalue weighted by atomic mass is 16.5. The van der Waals surface area contributed by atoms with E-state index in [0.29, 0.717) is 13.2 Å². The Morgan fingerprint density at radius 1 is 0.763 bits per heavy atom. The lowest BCUT2D eigenvalue weighted by molar-refractivity contribution is -0.143. The van der Waals surface area contributed by atoms with Gasteiger partial charge >= 0.3 is 5.97 Å². The van der Waals surface area contributed by atoms with Crippen LogP contribution in [0.4, 0.5) is 0 Å². The topological polar surface area (TPSA) is 53.2 Å². The third kappa shape index (κ3) is 5.62. The van der Waals surface area contributed by atoms with Crippen LogP contribution in [-0.4, -0.2) is 21.7 Å². The molecule has 0 saturated carbocycles. The van der Waals surface area contributed by atoms with Gasteiger partial charge in [0, 0.05) is 41.8 Å². The minimum atomic E-state index is -0.241. The summed E-state index contributed by atoms with van der Waals surface area (Å²) in [7, 11) is 0. The van der Waals surface area contributed by atoms with Crippen LogP contribution in [0.5, 0.6) is 0 Å². The van der Waals surface area contributed by atoms with Crippen LogP contribution >= 0.6 is 0 Å². The van der Waals surface area contributed by atoms with E-state index in [4.69, 9.17) is 4.74 Å². The van der Waals surface area contributed by atoms with Crippen LogP contribution in [0.2, 0.25) is 0 Å². The fourth-order valence-electron chi connectivity index (χ4n) is 5.20. The van der Waals surface area contributed by atoms with E-state index in [1.807, 2.05) is 64.8 Å². The summed E-state index contributed by atoms with van der Waals surface area (Å²) in [5.41, 5.74) is 5.66. The highest BCUT2D eigenvalue weighted by molar-refractivity contribution is 5.85. The van der Waals surface area contributed by atoms with E-state index in [1.54, 1.807) is 6.07 Å². The number of pyridine rings is 1. The Hall–Kier alpha value is -4.38. The molecule has 0 fully saturated rings. The molecule has 0 bridgehead atoms. The molecule has 0 aliphatic carbocycles. The van der Waals surface area contributed by atoms with Crippen molar-refractivity contribution < 1.29 is 9.53 Å². The van der Waals surface area contributed by atoms with Crippen LogP contribution in [0.25, 0.3) is 10.9 Å². The second kappa shape index (κ2) is 11.8. The summed E-state index contributed by atoms with van der Waals surface area (Å²) in [6.07, 6.45) is 5.66. The van der Waals surface area contributed by atoms with E-state index < -0.39 is 0 Å². The van der Waals surface area contributed by atoms with E-state index in [2.05, 4.69) is 54.6 Å². The first-order valence-electron chi connectivity index (χ1n) is 13.2. The smallest absolute Gasteiger partial charge is 0.325 e. The molecule has 0 amide bonds. The molecule has 0 spiro atoms. The molecular formula is C33H32N2O3. The standard InChI is InChI=1S/C33H32N2O3/c1-2-38-32(37)24-35-22-27(29-17-9-10-18-30(29)35)16-11-21-34-23-28(19-20-31(34)36)33(25-12-5-3-6-13-25)26-14-7-4-8-15-26/h3-10,12-15,17-20,22-23,33H,2,11,16,21,24H2,1H3. The zero-order valence-electron chi connectivity index (χ0n) is 21.6. The summed E-state index contributed by atoms with van der Waals surface area (Å²) < 4.78 is 8.94. The summed E-state index contributed by atoms with van der Waals surface area (Å²) in [6.45, 7) is 2.99. The molecule has 5 aromatic rings. The van der Waals surface area contributed by atoms with Gasteiger partial charge in [0.15, 0.2) is 0 Å². The number of hydrogen-bond donors (Lipinski definition) is 0. The van der Waals surface area contributed by atoms with Gasteiger partial charge in [-0.1, -0.05) is 84.9 Å². The Balaban J connectivity index is 1.38. The largest absolute Gasteiger partial charge is 0.465 e. The minimum absolute atomic E-state index is 0.00152. The van der Waals surface area contributed by atoms with Gasteiger partial charge in [0.1, 0.15) is 6.54 Å². The highest BCUT2D eigenvalue weighted by Crippen LogP contribution is 2.31. The lowest BCUT2D eigenvalue weighted by Gasteiger charge is -2.20. The number of aryl methyl sites for hydroxylation is 2. The monoisotopic (exact) mass is 504 g/mol. The average Bonchev–Trinajstić information content (AvgIpc) is 3.29. The molecule has 5 rings (SSSR count). The maximum absolute atomic E-state index is 12.8. The summed E-state index contributed by atoms with van der Waals surface area (Å²) >= 11 is 0. The van der Waals surface area contributed by atoms with Gasteiger partial charge < -0.3 is 13.9 Å². The van der Waals surface area contributed by atoms with Crippen molar-refractivity contribution in [1.29, 1.82) is 0 Å². The molecule has 0 saturated heterocycles. The SMILES string of the molecule is CCOC(=O)Cn1cc(CCCn2cc(C(c3ccccc3)c3ccccc3)ccc2=O)c2ccccc21. The Morgan fingerprint density at radius 2 is 1.42 bits per heavy atom. The van der Waals surface area contributed by atoms with Crippen LogP contribution in [0.15, 0.2) is 114 Å². The maximum Gasteiger partial charge on any atom is 0.325 e. The number of rotatable bonds is 10. The van der Waals surface area contributed by atoms with E-state index in [9.17, 15) is 9.59 Å². The highest BCUT2D eigenvalue weighted by Gasteiger charge is 2.17. The molecule has 192 valence electrons. The van der Waals surface area contributed by atoms with Crippen LogP contribution in [0.1, 0.15) is 41.5 Å². The summed E-state index contributed by atoms with van der Waals surface area (Å²) in [5.74, 6) is -0.195. The van der Waals surface area contributed by atoms with Gasteiger partial charge in [-0.2, -0.15) is 0 Å². The number of nitrogens with zero attached hydrogens (tertiary/aromatic N) is 2.